The highest BCUT2D eigenvalue weighted by Gasteiger charge is 2.12. The van der Waals surface area contributed by atoms with Gasteiger partial charge >= 0.3 is 5.56 Å². The van der Waals surface area contributed by atoms with Crippen molar-refractivity contribution in [2.45, 2.75) is 13.8 Å². The number of aromatic nitrogens is 4. The normalized spacial score (nSPS) is 11.1. The Hall–Kier alpha value is -2.50. The second-order valence-corrected chi connectivity index (χ2v) is 4.44. The molecule has 0 saturated heterocycles. The van der Waals surface area contributed by atoms with E-state index < -0.39 is 0 Å². The van der Waals surface area contributed by atoms with Crippen molar-refractivity contribution in [1.82, 2.24) is 19.9 Å². The Morgan fingerprint density at radius 3 is 2.68 bits per heavy atom. The van der Waals surface area contributed by atoms with Gasteiger partial charge in [-0.3, -0.25) is 4.79 Å². The fraction of sp³-hybridized carbons (Fsp3) is 0.231. The minimum atomic E-state index is -0.235. The standard InChI is InChI=1S/C13H13N5O/c1-7-4-5-10-9(6-7)11-12(17-16-10)13(19)18(14-3)8(2)15-11/h4-6,14H,1-3H3. The average Bonchev–Trinajstić information content (AvgIpc) is 2.39. The van der Waals surface area contributed by atoms with Crippen LogP contribution in [0.1, 0.15) is 11.4 Å². The Labute approximate surface area is 109 Å². The molecule has 1 aromatic carbocycles. The summed E-state index contributed by atoms with van der Waals surface area (Å²) in [7, 11) is 1.67. The van der Waals surface area contributed by atoms with Crippen LogP contribution in [-0.2, 0) is 0 Å². The van der Waals surface area contributed by atoms with Crippen molar-refractivity contribution in [3.63, 3.8) is 0 Å². The molecule has 0 spiro atoms. The molecule has 6 nitrogen and oxygen atoms in total. The molecule has 0 bridgehead atoms. The molecule has 3 aromatic rings. The van der Waals surface area contributed by atoms with E-state index >= 15 is 0 Å². The SMILES string of the molecule is CNn1c(C)nc2c(nnc3ccc(C)cc32)c1=O. The van der Waals surface area contributed by atoms with Crippen LogP contribution >= 0.6 is 0 Å². The molecule has 1 N–H and O–H groups in total. The van der Waals surface area contributed by atoms with Crippen LogP contribution in [0.25, 0.3) is 21.9 Å². The van der Waals surface area contributed by atoms with Crippen molar-refractivity contribution in [3.8, 4) is 0 Å². The quantitative estimate of drug-likeness (QED) is 0.660. The van der Waals surface area contributed by atoms with Gasteiger partial charge in [-0.05, 0) is 26.0 Å². The molecule has 96 valence electrons. The van der Waals surface area contributed by atoms with Crippen LogP contribution in [0.15, 0.2) is 23.0 Å². The maximum absolute atomic E-state index is 12.3. The van der Waals surface area contributed by atoms with Crippen LogP contribution in [0, 0.1) is 13.8 Å². The number of nitrogens with one attached hydrogen (secondary N) is 1. The summed E-state index contributed by atoms with van der Waals surface area (Å²) in [5.74, 6) is 0.593. The Morgan fingerprint density at radius 1 is 1.16 bits per heavy atom. The summed E-state index contributed by atoms with van der Waals surface area (Å²) in [6, 6.07) is 5.82. The summed E-state index contributed by atoms with van der Waals surface area (Å²) in [6.45, 7) is 3.77. The van der Waals surface area contributed by atoms with Crippen molar-refractivity contribution in [3.05, 3.63) is 39.9 Å². The topological polar surface area (TPSA) is 72.7 Å². The lowest BCUT2D eigenvalue weighted by Gasteiger charge is -2.09. The molecule has 0 aliphatic carbocycles. The predicted molar refractivity (Wildman–Crippen MR) is 73.9 cm³/mol. The van der Waals surface area contributed by atoms with Gasteiger partial charge in [0, 0.05) is 12.4 Å². The minimum Gasteiger partial charge on any atom is -0.325 e. The van der Waals surface area contributed by atoms with Gasteiger partial charge in [0.05, 0.1) is 5.52 Å². The first-order chi connectivity index (χ1) is 9.11. The van der Waals surface area contributed by atoms with Crippen molar-refractivity contribution >= 4 is 21.9 Å². The molecule has 0 saturated carbocycles. The van der Waals surface area contributed by atoms with Crippen molar-refractivity contribution in [1.29, 1.82) is 0 Å². The van der Waals surface area contributed by atoms with Crippen LogP contribution in [-0.4, -0.2) is 26.9 Å². The molecule has 0 amide bonds. The summed E-state index contributed by atoms with van der Waals surface area (Å²) >= 11 is 0. The number of nitrogens with zero attached hydrogens (tertiary/aromatic N) is 4. The van der Waals surface area contributed by atoms with Gasteiger partial charge in [-0.1, -0.05) is 11.6 Å². The highest BCUT2D eigenvalue weighted by atomic mass is 16.1. The van der Waals surface area contributed by atoms with Crippen molar-refractivity contribution < 1.29 is 0 Å². The molecule has 0 unspecified atom stereocenters. The minimum absolute atomic E-state index is 0.235. The zero-order valence-corrected chi connectivity index (χ0v) is 10.9. The molecular weight excluding hydrogens is 242 g/mol. The van der Waals surface area contributed by atoms with E-state index in [1.54, 1.807) is 14.0 Å². The first-order valence-corrected chi connectivity index (χ1v) is 5.96. The summed E-state index contributed by atoms with van der Waals surface area (Å²) < 4.78 is 1.36. The predicted octanol–water partition coefficient (Wildman–Crippen LogP) is 1.13. The summed E-state index contributed by atoms with van der Waals surface area (Å²) in [6.07, 6.45) is 0. The molecule has 0 fully saturated rings. The fourth-order valence-corrected chi connectivity index (χ4v) is 2.19. The van der Waals surface area contributed by atoms with Crippen molar-refractivity contribution in [2.24, 2.45) is 0 Å². The molecule has 3 rings (SSSR count). The Morgan fingerprint density at radius 2 is 1.95 bits per heavy atom. The van der Waals surface area contributed by atoms with E-state index in [4.69, 9.17) is 0 Å². The van der Waals surface area contributed by atoms with Gasteiger partial charge < -0.3 is 5.43 Å². The average molecular weight is 255 g/mol. The Bertz CT molecular complexity index is 853. The maximum Gasteiger partial charge on any atom is 0.300 e. The van der Waals surface area contributed by atoms with E-state index in [0.29, 0.717) is 11.3 Å². The van der Waals surface area contributed by atoms with Gasteiger partial charge in [-0.2, -0.15) is 0 Å². The summed E-state index contributed by atoms with van der Waals surface area (Å²) in [5.41, 5.74) is 5.27. The molecule has 19 heavy (non-hydrogen) atoms. The first-order valence-electron chi connectivity index (χ1n) is 5.96. The number of aryl methyl sites for hydroxylation is 2. The number of hydrogen-bond acceptors (Lipinski definition) is 5. The number of hydrogen-bond donors (Lipinski definition) is 1. The second kappa shape index (κ2) is 4.01. The molecule has 0 aliphatic rings. The number of benzene rings is 1. The third-order valence-electron chi connectivity index (χ3n) is 3.12. The Balaban J connectivity index is 2.56. The second-order valence-electron chi connectivity index (χ2n) is 4.44. The van der Waals surface area contributed by atoms with Gasteiger partial charge in [-0.15, -0.1) is 10.2 Å². The number of rotatable bonds is 1. The van der Waals surface area contributed by atoms with E-state index in [2.05, 4.69) is 20.6 Å². The molecule has 6 heteroatoms. The highest BCUT2D eigenvalue weighted by Crippen LogP contribution is 2.19. The van der Waals surface area contributed by atoms with E-state index in [1.807, 2.05) is 25.1 Å². The molecule has 2 aromatic heterocycles. The summed E-state index contributed by atoms with van der Waals surface area (Å²) in [4.78, 5) is 16.7. The van der Waals surface area contributed by atoms with Gasteiger partial charge in [0.25, 0.3) is 0 Å². The van der Waals surface area contributed by atoms with Crippen LogP contribution in [0.5, 0.6) is 0 Å². The van der Waals surface area contributed by atoms with E-state index in [1.165, 1.54) is 4.68 Å². The van der Waals surface area contributed by atoms with Gasteiger partial charge in [-0.25, -0.2) is 9.66 Å². The van der Waals surface area contributed by atoms with Gasteiger partial charge in [0.1, 0.15) is 11.3 Å². The Kier molecular flexibility index (Phi) is 2.45. The smallest absolute Gasteiger partial charge is 0.300 e. The third kappa shape index (κ3) is 1.64. The van der Waals surface area contributed by atoms with E-state index in [9.17, 15) is 4.79 Å². The van der Waals surface area contributed by atoms with Crippen LogP contribution in [0.4, 0.5) is 0 Å². The van der Waals surface area contributed by atoms with E-state index in [-0.39, 0.29) is 11.1 Å². The van der Waals surface area contributed by atoms with Crippen LogP contribution < -0.4 is 11.0 Å². The van der Waals surface area contributed by atoms with Crippen LogP contribution in [0.2, 0.25) is 0 Å². The zero-order valence-electron chi connectivity index (χ0n) is 10.9. The molecule has 2 heterocycles. The lowest BCUT2D eigenvalue weighted by atomic mass is 10.1. The van der Waals surface area contributed by atoms with E-state index in [0.717, 1.165) is 16.5 Å². The monoisotopic (exact) mass is 255 g/mol. The fourth-order valence-electron chi connectivity index (χ4n) is 2.19. The maximum atomic E-state index is 12.3. The molecular formula is C13H13N5O. The van der Waals surface area contributed by atoms with Gasteiger partial charge in [0.15, 0.2) is 5.52 Å². The largest absolute Gasteiger partial charge is 0.325 e. The lowest BCUT2D eigenvalue weighted by Crippen LogP contribution is -2.30. The molecule has 0 aliphatic heterocycles. The van der Waals surface area contributed by atoms with Gasteiger partial charge in [0.2, 0.25) is 0 Å². The molecule has 0 radical (unpaired) electrons. The number of fused-ring (bicyclic) bond motifs is 3. The molecule has 0 atom stereocenters. The highest BCUT2D eigenvalue weighted by molar-refractivity contribution is 6.00. The zero-order chi connectivity index (χ0) is 13.6. The summed E-state index contributed by atoms with van der Waals surface area (Å²) in [5, 5.41) is 8.94. The third-order valence-corrected chi connectivity index (χ3v) is 3.12. The van der Waals surface area contributed by atoms with Crippen molar-refractivity contribution in [2.75, 3.05) is 12.5 Å². The first kappa shape index (κ1) is 11.6. The lowest BCUT2D eigenvalue weighted by molar-refractivity contribution is 0.800. The van der Waals surface area contributed by atoms with Crippen LogP contribution in [0.3, 0.4) is 0 Å².